The number of phenols is 1. The summed E-state index contributed by atoms with van der Waals surface area (Å²) in [6.45, 7) is 6.39. The van der Waals surface area contributed by atoms with Crippen LogP contribution in [0.1, 0.15) is 36.7 Å². The van der Waals surface area contributed by atoms with Crippen LogP contribution in [0.3, 0.4) is 0 Å². The maximum absolute atomic E-state index is 12.4. The van der Waals surface area contributed by atoms with Crippen LogP contribution in [-0.2, 0) is 5.41 Å². The lowest BCUT2D eigenvalue weighted by molar-refractivity contribution is 0.0977. The van der Waals surface area contributed by atoms with Crippen LogP contribution >= 0.6 is 12.2 Å². The van der Waals surface area contributed by atoms with Crippen LogP contribution in [0.4, 0.5) is 5.69 Å². The Morgan fingerprint density at radius 2 is 1.70 bits per heavy atom. The van der Waals surface area contributed by atoms with Crippen molar-refractivity contribution in [1.29, 1.82) is 0 Å². The van der Waals surface area contributed by atoms with Gasteiger partial charge in [-0.1, -0.05) is 45.0 Å². The molecule has 0 aliphatic heterocycles. The van der Waals surface area contributed by atoms with Crippen molar-refractivity contribution in [3.63, 3.8) is 0 Å². The second kappa shape index (κ2) is 7.37. The molecule has 3 aromatic rings. The fourth-order valence-corrected chi connectivity index (χ4v) is 3.01. The normalized spacial score (nSPS) is 11.2. The molecule has 0 unspecified atom stereocenters. The van der Waals surface area contributed by atoms with E-state index in [1.165, 1.54) is 5.56 Å². The molecule has 138 valence electrons. The molecule has 0 aliphatic carbocycles. The summed E-state index contributed by atoms with van der Waals surface area (Å²) in [6.07, 6.45) is 0. The van der Waals surface area contributed by atoms with Crippen molar-refractivity contribution in [2.75, 3.05) is 5.32 Å². The highest BCUT2D eigenvalue weighted by Crippen LogP contribution is 2.26. The number of thiocarbonyl (C=S) groups is 1. The van der Waals surface area contributed by atoms with Crippen molar-refractivity contribution in [2.24, 2.45) is 0 Å². The molecule has 0 saturated heterocycles. The highest BCUT2D eigenvalue weighted by atomic mass is 32.1. The highest BCUT2D eigenvalue weighted by Gasteiger charge is 2.14. The quantitative estimate of drug-likeness (QED) is 0.551. The number of fused-ring (bicyclic) bond motifs is 1. The molecule has 27 heavy (non-hydrogen) atoms. The van der Waals surface area contributed by atoms with Crippen molar-refractivity contribution >= 4 is 39.7 Å². The molecule has 0 radical (unpaired) electrons. The molecule has 3 N–H and O–H groups in total. The molecule has 0 aliphatic rings. The molecule has 3 aromatic carbocycles. The van der Waals surface area contributed by atoms with Crippen LogP contribution in [0.5, 0.6) is 5.75 Å². The number of nitrogens with one attached hydrogen (secondary N) is 2. The molecule has 4 nitrogen and oxygen atoms in total. The number of hydrogen-bond acceptors (Lipinski definition) is 3. The standard InChI is InChI=1S/C22H22N2O2S/c1-22(2,3)16-9-7-14(8-10-16)20(26)24-21(27)23-17-11-12-18-15(13-17)5-4-6-19(18)25/h4-13,25H,1-3H3,(H2,23,24,26,27). The van der Waals surface area contributed by atoms with E-state index >= 15 is 0 Å². The highest BCUT2D eigenvalue weighted by molar-refractivity contribution is 7.80. The Morgan fingerprint density at radius 3 is 2.37 bits per heavy atom. The first-order valence-electron chi connectivity index (χ1n) is 8.69. The fourth-order valence-electron chi connectivity index (χ4n) is 2.80. The summed E-state index contributed by atoms with van der Waals surface area (Å²) >= 11 is 5.25. The Balaban J connectivity index is 1.67. The average Bonchev–Trinajstić information content (AvgIpc) is 2.61. The van der Waals surface area contributed by atoms with Crippen molar-refractivity contribution in [2.45, 2.75) is 26.2 Å². The number of carbonyl (C=O) groups excluding carboxylic acids is 1. The zero-order valence-corrected chi connectivity index (χ0v) is 16.4. The summed E-state index contributed by atoms with van der Waals surface area (Å²) in [5, 5.41) is 17.4. The van der Waals surface area contributed by atoms with Crippen molar-refractivity contribution in [3.05, 3.63) is 71.8 Å². The first kappa shape index (κ1) is 18.9. The molecular weight excluding hydrogens is 356 g/mol. The van der Waals surface area contributed by atoms with Crippen LogP contribution in [0, 0.1) is 0 Å². The van der Waals surface area contributed by atoms with E-state index in [1.807, 2.05) is 30.3 Å². The minimum Gasteiger partial charge on any atom is -0.507 e. The molecular formula is C22H22N2O2S. The van der Waals surface area contributed by atoms with Gasteiger partial charge in [0.05, 0.1) is 0 Å². The summed E-state index contributed by atoms with van der Waals surface area (Å²) in [4.78, 5) is 12.4. The fraction of sp³-hybridized carbons (Fsp3) is 0.182. The van der Waals surface area contributed by atoms with Crippen molar-refractivity contribution in [1.82, 2.24) is 5.32 Å². The van der Waals surface area contributed by atoms with Gasteiger partial charge in [0, 0.05) is 16.6 Å². The van der Waals surface area contributed by atoms with Gasteiger partial charge in [-0.2, -0.15) is 0 Å². The topological polar surface area (TPSA) is 61.4 Å². The molecule has 0 fully saturated rings. The summed E-state index contributed by atoms with van der Waals surface area (Å²) in [6, 6.07) is 18.3. The smallest absolute Gasteiger partial charge is 0.257 e. The molecule has 0 aromatic heterocycles. The Kier molecular flexibility index (Phi) is 5.15. The zero-order chi connectivity index (χ0) is 19.6. The van der Waals surface area contributed by atoms with Gasteiger partial charge < -0.3 is 10.4 Å². The van der Waals surface area contributed by atoms with Gasteiger partial charge in [-0.05, 0) is 65.0 Å². The second-order valence-electron chi connectivity index (χ2n) is 7.45. The van der Waals surface area contributed by atoms with Crippen LogP contribution < -0.4 is 10.6 Å². The van der Waals surface area contributed by atoms with Gasteiger partial charge in [0.25, 0.3) is 5.91 Å². The molecule has 0 atom stereocenters. The van der Waals surface area contributed by atoms with E-state index in [0.717, 1.165) is 16.5 Å². The van der Waals surface area contributed by atoms with Gasteiger partial charge in [-0.25, -0.2) is 0 Å². The van der Waals surface area contributed by atoms with Crippen LogP contribution in [0.15, 0.2) is 60.7 Å². The van der Waals surface area contributed by atoms with E-state index in [4.69, 9.17) is 12.2 Å². The van der Waals surface area contributed by atoms with Crippen molar-refractivity contribution in [3.8, 4) is 5.75 Å². The van der Waals surface area contributed by atoms with E-state index in [-0.39, 0.29) is 22.2 Å². The summed E-state index contributed by atoms with van der Waals surface area (Å²) in [7, 11) is 0. The third kappa shape index (κ3) is 4.44. The summed E-state index contributed by atoms with van der Waals surface area (Å²) in [5.74, 6) is -0.0278. The molecule has 0 spiro atoms. The predicted molar refractivity (Wildman–Crippen MR) is 114 cm³/mol. The van der Waals surface area contributed by atoms with Crippen LogP contribution in [0.2, 0.25) is 0 Å². The maximum Gasteiger partial charge on any atom is 0.257 e. The zero-order valence-electron chi connectivity index (χ0n) is 15.5. The van der Waals surface area contributed by atoms with Gasteiger partial charge >= 0.3 is 0 Å². The van der Waals surface area contributed by atoms with Gasteiger partial charge in [0.2, 0.25) is 0 Å². The van der Waals surface area contributed by atoms with Gasteiger partial charge in [0.15, 0.2) is 5.11 Å². The van der Waals surface area contributed by atoms with Crippen molar-refractivity contribution < 1.29 is 9.90 Å². The van der Waals surface area contributed by atoms with Gasteiger partial charge in [-0.3, -0.25) is 10.1 Å². The first-order valence-corrected chi connectivity index (χ1v) is 9.09. The Hall–Kier alpha value is -2.92. The van der Waals surface area contributed by atoms with Gasteiger partial charge in [0.1, 0.15) is 5.75 Å². The number of anilines is 1. The summed E-state index contributed by atoms with van der Waals surface area (Å²) < 4.78 is 0. The molecule has 0 heterocycles. The minimum atomic E-state index is -0.258. The second-order valence-corrected chi connectivity index (χ2v) is 7.86. The number of rotatable bonds is 2. The molecule has 1 amide bonds. The lowest BCUT2D eigenvalue weighted by Crippen LogP contribution is -2.34. The van der Waals surface area contributed by atoms with E-state index in [1.54, 1.807) is 30.3 Å². The number of amides is 1. The number of benzene rings is 3. The number of hydrogen-bond donors (Lipinski definition) is 3. The minimum absolute atomic E-state index is 0.0381. The van der Waals surface area contributed by atoms with E-state index in [9.17, 15) is 9.90 Å². The molecule has 3 rings (SSSR count). The number of aromatic hydroxyl groups is 1. The lowest BCUT2D eigenvalue weighted by Gasteiger charge is -2.19. The average molecular weight is 378 g/mol. The third-order valence-electron chi connectivity index (χ3n) is 4.36. The molecule has 0 saturated carbocycles. The van der Waals surface area contributed by atoms with E-state index in [2.05, 4.69) is 31.4 Å². The van der Waals surface area contributed by atoms with E-state index < -0.39 is 0 Å². The third-order valence-corrected chi connectivity index (χ3v) is 4.56. The molecule has 0 bridgehead atoms. The van der Waals surface area contributed by atoms with Crippen LogP contribution in [-0.4, -0.2) is 16.1 Å². The SMILES string of the molecule is CC(C)(C)c1ccc(C(=O)NC(=S)Nc2ccc3c(O)cccc3c2)cc1. The Morgan fingerprint density at radius 1 is 1.00 bits per heavy atom. The lowest BCUT2D eigenvalue weighted by atomic mass is 9.87. The largest absolute Gasteiger partial charge is 0.507 e. The molecule has 5 heteroatoms. The predicted octanol–water partition coefficient (Wildman–Crippen LogP) is 4.97. The number of carbonyl (C=O) groups is 1. The van der Waals surface area contributed by atoms with E-state index in [0.29, 0.717) is 5.56 Å². The Bertz CT molecular complexity index is 1000. The number of phenolic OH excluding ortho intramolecular Hbond substituents is 1. The Labute approximate surface area is 164 Å². The van der Waals surface area contributed by atoms with Crippen LogP contribution in [0.25, 0.3) is 10.8 Å². The first-order chi connectivity index (χ1) is 12.7. The summed E-state index contributed by atoms with van der Waals surface area (Å²) in [5.41, 5.74) is 2.49. The van der Waals surface area contributed by atoms with Gasteiger partial charge in [-0.15, -0.1) is 0 Å². The maximum atomic E-state index is 12.4. The monoisotopic (exact) mass is 378 g/mol.